The van der Waals surface area contributed by atoms with E-state index in [1.54, 1.807) is 7.11 Å². The standard InChI is InChI=1S/C22H34N4O3.HI/c1-4-29-21(27)18-10-13-25(14-11-18)22(23-2)24-15-17-9-12-26(16-17)19-7-5-6-8-20(19)28-3;/h5-8,17-18H,4,9-16H2,1-3H3,(H,23,24);1H. The van der Waals surface area contributed by atoms with Crippen LogP contribution in [-0.4, -0.2) is 70.3 Å². The monoisotopic (exact) mass is 530 g/mol. The predicted molar refractivity (Wildman–Crippen MR) is 131 cm³/mol. The molecule has 2 fully saturated rings. The van der Waals surface area contributed by atoms with Crippen LogP contribution in [0.15, 0.2) is 29.3 Å². The SMILES string of the molecule is CCOC(=O)C1CCN(C(=NC)NCC2CCN(c3ccccc3OC)C2)CC1.I. The van der Waals surface area contributed by atoms with E-state index < -0.39 is 0 Å². The lowest BCUT2D eigenvalue weighted by Crippen LogP contribution is -2.47. The number of guanidine groups is 1. The van der Waals surface area contributed by atoms with Gasteiger partial charge in [-0.3, -0.25) is 9.79 Å². The molecule has 1 atom stereocenters. The Balaban J connectivity index is 0.00000320. The van der Waals surface area contributed by atoms with E-state index in [4.69, 9.17) is 9.47 Å². The molecule has 1 aromatic carbocycles. The summed E-state index contributed by atoms with van der Waals surface area (Å²) in [6.07, 6.45) is 2.79. The topological polar surface area (TPSA) is 66.4 Å². The van der Waals surface area contributed by atoms with Crippen molar-refractivity contribution < 1.29 is 14.3 Å². The molecule has 8 heteroatoms. The van der Waals surface area contributed by atoms with E-state index in [-0.39, 0.29) is 35.9 Å². The minimum atomic E-state index is -0.0579. The van der Waals surface area contributed by atoms with Gasteiger partial charge in [-0.25, -0.2) is 0 Å². The number of para-hydroxylation sites is 2. The molecule has 2 heterocycles. The molecule has 0 aromatic heterocycles. The zero-order valence-electron chi connectivity index (χ0n) is 18.3. The first kappa shape index (κ1) is 24.6. The zero-order chi connectivity index (χ0) is 20.6. The molecule has 0 saturated carbocycles. The molecule has 2 aliphatic rings. The number of carbonyl (C=O) groups is 1. The van der Waals surface area contributed by atoms with Crippen molar-refractivity contribution in [2.45, 2.75) is 26.2 Å². The van der Waals surface area contributed by atoms with E-state index in [9.17, 15) is 4.79 Å². The molecule has 1 aromatic rings. The Bertz CT molecular complexity index is 707. The van der Waals surface area contributed by atoms with E-state index in [0.29, 0.717) is 12.5 Å². The molecule has 7 nitrogen and oxygen atoms in total. The van der Waals surface area contributed by atoms with E-state index in [0.717, 1.165) is 63.7 Å². The Morgan fingerprint density at radius 2 is 1.93 bits per heavy atom. The van der Waals surface area contributed by atoms with Crippen molar-refractivity contribution in [3.8, 4) is 5.75 Å². The number of aliphatic imine (C=N–C) groups is 1. The van der Waals surface area contributed by atoms with Gasteiger partial charge in [-0.2, -0.15) is 0 Å². The number of nitrogens with one attached hydrogen (secondary N) is 1. The summed E-state index contributed by atoms with van der Waals surface area (Å²) in [7, 11) is 3.55. The van der Waals surface area contributed by atoms with Gasteiger partial charge in [-0.05, 0) is 44.2 Å². The molecule has 0 spiro atoms. The molecule has 2 saturated heterocycles. The van der Waals surface area contributed by atoms with Crippen molar-refractivity contribution in [1.29, 1.82) is 0 Å². The van der Waals surface area contributed by atoms with Gasteiger partial charge < -0.3 is 24.6 Å². The van der Waals surface area contributed by atoms with Crippen LogP contribution in [0.4, 0.5) is 5.69 Å². The molecular formula is C22H35IN4O3. The van der Waals surface area contributed by atoms with Gasteiger partial charge >= 0.3 is 5.97 Å². The van der Waals surface area contributed by atoms with Gasteiger partial charge in [-0.1, -0.05) is 12.1 Å². The highest BCUT2D eigenvalue weighted by Gasteiger charge is 2.28. The molecule has 168 valence electrons. The van der Waals surface area contributed by atoms with Crippen LogP contribution in [0.5, 0.6) is 5.75 Å². The summed E-state index contributed by atoms with van der Waals surface area (Å²) in [5.41, 5.74) is 1.17. The molecule has 30 heavy (non-hydrogen) atoms. The number of esters is 1. The molecule has 1 N–H and O–H groups in total. The number of rotatable bonds is 6. The van der Waals surface area contributed by atoms with E-state index in [1.165, 1.54) is 5.69 Å². The van der Waals surface area contributed by atoms with Crippen LogP contribution < -0.4 is 15.0 Å². The Labute approximate surface area is 197 Å². The fraction of sp³-hybridized carbons (Fsp3) is 0.636. The zero-order valence-corrected chi connectivity index (χ0v) is 20.6. The summed E-state index contributed by atoms with van der Waals surface area (Å²) in [5, 5.41) is 3.55. The van der Waals surface area contributed by atoms with Crippen LogP contribution >= 0.6 is 24.0 Å². The largest absolute Gasteiger partial charge is 0.495 e. The minimum absolute atomic E-state index is 0. The molecule has 2 aliphatic heterocycles. The summed E-state index contributed by atoms with van der Waals surface area (Å²) in [5.74, 6) is 2.39. The third-order valence-corrected chi connectivity index (χ3v) is 5.89. The normalized spacial score (nSPS) is 20.0. The summed E-state index contributed by atoms with van der Waals surface area (Å²) in [6.45, 7) is 6.93. The number of halogens is 1. The predicted octanol–water partition coefficient (Wildman–Crippen LogP) is 2.99. The number of methoxy groups -OCH3 is 1. The highest BCUT2D eigenvalue weighted by Crippen LogP contribution is 2.31. The number of hydrogen-bond acceptors (Lipinski definition) is 5. The second kappa shape index (κ2) is 12.2. The second-order valence-electron chi connectivity index (χ2n) is 7.71. The third kappa shape index (κ3) is 6.15. The molecular weight excluding hydrogens is 495 g/mol. The summed E-state index contributed by atoms with van der Waals surface area (Å²) < 4.78 is 10.7. The van der Waals surface area contributed by atoms with Crippen molar-refractivity contribution in [1.82, 2.24) is 10.2 Å². The maximum atomic E-state index is 11.9. The van der Waals surface area contributed by atoms with Crippen molar-refractivity contribution >= 4 is 41.6 Å². The smallest absolute Gasteiger partial charge is 0.309 e. The third-order valence-electron chi connectivity index (χ3n) is 5.89. The first-order valence-electron chi connectivity index (χ1n) is 10.7. The van der Waals surface area contributed by atoms with Gasteiger partial charge in [0, 0.05) is 39.8 Å². The number of likely N-dealkylation sites (tertiary alicyclic amines) is 1. The lowest BCUT2D eigenvalue weighted by molar-refractivity contribution is -0.149. The Hall–Kier alpha value is -1.71. The first-order valence-corrected chi connectivity index (χ1v) is 10.7. The number of piperidine rings is 1. The van der Waals surface area contributed by atoms with Crippen molar-refractivity contribution in [3.63, 3.8) is 0 Å². The highest BCUT2D eigenvalue weighted by molar-refractivity contribution is 14.0. The minimum Gasteiger partial charge on any atom is -0.495 e. The van der Waals surface area contributed by atoms with E-state index in [1.807, 2.05) is 26.1 Å². The maximum Gasteiger partial charge on any atom is 0.309 e. The quantitative estimate of drug-likeness (QED) is 0.264. The second-order valence-corrected chi connectivity index (χ2v) is 7.71. The van der Waals surface area contributed by atoms with Gasteiger partial charge in [-0.15, -0.1) is 24.0 Å². The lowest BCUT2D eigenvalue weighted by Gasteiger charge is -2.33. The Morgan fingerprint density at radius 1 is 1.20 bits per heavy atom. The number of anilines is 1. The molecule has 0 radical (unpaired) electrons. The maximum absolute atomic E-state index is 11.9. The number of benzene rings is 1. The van der Waals surface area contributed by atoms with E-state index in [2.05, 4.69) is 32.2 Å². The molecule has 0 aliphatic carbocycles. The number of carbonyl (C=O) groups excluding carboxylic acids is 1. The summed E-state index contributed by atoms with van der Waals surface area (Å²) >= 11 is 0. The van der Waals surface area contributed by atoms with Gasteiger partial charge in [0.2, 0.25) is 0 Å². The van der Waals surface area contributed by atoms with Crippen molar-refractivity contribution in [2.24, 2.45) is 16.8 Å². The highest BCUT2D eigenvalue weighted by atomic mass is 127. The van der Waals surface area contributed by atoms with Gasteiger partial charge in [0.1, 0.15) is 5.75 Å². The first-order chi connectivity index (χ1) is 14.2. The van der Waals surface area contributed by atoms with Crippen LogP contribution in [0, 0.1) is 11.8 Å². The molecule has 0 bridgehead atoms. The lowest BCUT2D eigenvalue weighted by atomic mass is 9.97. The van der Waals surface area contributed by atoms with Crippen LogP contribution in [0.1, 0.15) is 26.2 Å². The molecule has 0 amide bonds. The fourth-order valence-corrected chi connectivity index (χ4v) is 4.26. The molecule has 3 rings (SSSR count). The van der Waals surface area contributed by atoms with Gasteiger partial charge in [0.05, 0.1) is 25.3 Å². The van der Waals surface area contributed by atoms with Crippen LogP contribution in [0.25, 0.3) is 0 Å². The summed E-state index contributed by atoms with van der Waals surface area (Å²) in [4.78, 5) is 21.1. The number of nitrogens with zero attached hydrogens (tertiary/aromatic N) is 3. The number of hydrogen-bond donors (Lipinski definition) is 1. The van der Waals surface area contributed by atoms with Crippen LogP contribution in [0.2, 0.25) is 0 Å². The van der Waals surface area contributed by atoms with E-state index >= 15 is 0 Å². The summed E-state index contributed by atoms with van der Waals surface area (Å²) in [6, 6.07) is 8.21. The van der Waals surface area contributed by atoms with Crippen molar-refractivity contribution in [3.05, 3.63) is 24.3 Å². The Morgan fingerprint density at radius 3 is 2.60 bits per heavy atom. The van der Waals surface area contributed by atoms with Crippen molar-refractivity contribution in [2.75, 3.05) is 58.4 Å². The average Bonchev–Trinajstić information content (AvgIpc) is 3.23. The van der Waals surface area contributed by atoms with Gasteiger partial charge in [0.15, 0.2) is 5.96 Å². The molecule has 1 unspecified atom stereocenters. The average molecular weight is 530 g/mol. The van der Waals surface area contributed by atoms with Crippen LogP contribution in [0.3, 0.4) is 0 Å². The number of ether oxygens (including phenoxy) is 2. The van der Waals surface area contributed by atoms with Gasteiger partial charge in [0.25, 0.3) is 0 Å². The fourth-order valence-electron chi connectivity index (χ4n) is 4.26. The van der Waals surface area contributed by atoms with Crippen LogP contribution in [-0.2, 0) is 9.53 Å². The Kier molecular flexibility index (Phi) is 10.0.